The number of carbonyl (C=O) groups excluding carboxylic acids is 1. The maximum absolute atomic E-state index is 12.1. The molecule has 2 aromatic rings. The third-order valence-electron chi connectivity index (χ3n) is 3.38. The van der Waals surface area contributed by atoms with Crippen molar-refractivity contribution in [3.05, 3.63) is 53.3 Å². The van der Waals surface area contributed by atoms with Crippen LogP contribution < -0.4 is 10.6 Å². The van der Waals surface area contributed by atoms with Crippen LogP contribution in [0.15, 0.2) is 42.6 Å². The first kappa shape index (κ1) is 12.9. The van der Waals surface area contributed by atoms with Crippen molar-refractivity contribution in [2.75, 3.05) is 17.2 Å². The van der Waals surface area contributed by atoms with Crippen LogP contribution in [0.4, 0.5) is 11.4 Å². The molecular weight excluding hydrogens is 274 g/mol. The number of nitrogens with zero attached hydrogens (tertiary/aromatic N) is 1. The highest BCUT2D eigenvalue weighted by Gasteiger charge is 2.23. The average molecular weight is 288 g/mol. The van der Waals surface area contributed by atoms with Gasteiger partial charge in [-0.25, -0.2) is 4.98 Å². The van der Waals surface area contributed by atoms with Crippen molar-refractivity contribution in [2.24, 2.45) is 0 Å². The topological polar surface area (TPSA) is 54.0 Å². The summed E-state index contributed by atoms with van der Waals surface area (Å²) in [4.78, 5) is 16.0. The second-order valence-corrected chi connectivity index (χ2v) is 5.17. The van der Waals surface area contributed by atoms with E-state index in [-0.39, 0.29) is 11.8 Å². The Kier molecular flexibility index (Phi) is 3.56. The Morgan fingerprint density at radius 3 is 3.10 bits per heavy atom. The standard InChI is InChI=1S/C15H14ClN3O/c16-14-8-11(5-6-17-14)19-15(20)7-10-9-18-13-4-2-1-3-12(10)13/h1-6,8,10,18H,7,9H2,(H,17,19,20). The fourth-order valence-electron chi connectivity index (χ4n) is 2.46. The van der Waals surface area contributed by atoms with E-state index in [1.54, 1.807) is 18.3 Å². The molecule has 0 spiro atoms. The molecule has 1 unspecified atom stereocenters. The Morgan fingerprint density at radius 2 is 2.25 bits per heavy atom. The number of carbonyl (C=O) groups is 1. The van der Waals surface area contributed by atoms with Crippen molar-refractivity contribution < 1.29 is 4.79 Å². The first-order valence-electron chi connectivity index (χ1n) is 6.46. The molecule has 1 atom stereocenters. The molecule has 102 valence electrons. The number of amides is 1. The molecule has 0 bridgehead atoms. The van der Waals surface area contributed by atoms with Gasteiger partial charge < -0.3 is 10.6 Å². The third-order valence-corrected chi connectivity index (χ3v) is 3.59. The van der Waals surface area contributed by atoms with E-state index in [0.717, 1.165) is 12.2 Å². The summed E-state index contributed by atoms with van der Waals surface area (Å²) in [5.41, 5.74) is 3.00. The number of hydrogen-bond acceptors (Lipinski definition) is 3. The van der Waals surface area contributed by atoms with E-state index >= 15 is 0 Å². The van der Waals surface area contributed by atoms with Gasteiger partial charge in [-0.2, -0.15) is 0 Å². The molecule has 2 N–H and O–H groups in total. The molecule has 1 aliphatic heterocycles. The van der Waals surface area contributed by atoms with Gasteiger partial charge in [0.2, 0.25) is 5.91 Å². The van der Waals surface area contributed by atoms with Crippen LogP contribution in [0.1, 0.15) is 17.9 Å². The quantitative estimate of drug-likeness (QED) is 0.852. The highest BCUT2D eigenvalue weighted by molar-refractivity contribution is 6.29. The molecule has 20 heavy (non-hydrogen) atoms. The molecule has 2 heterocycles. The predicted octanol–water partition coefficient (Wildman–Crippen LogP) is 3.27. The van der Waals surface area contributed by atoms with Crippen LogP contribution >= 0.6 is 11.6 Å². The lowest BCUT2D eigenvalue weighted by molar-refractivity contribution is -0.116. The van der Waals surface area contributed by atoms with Crippen LogP contribution in [0.3, 0.4) is 0 Å². The maximum atomic E-state index is 12.1. The van der Waals surface area contributed by atoms with Crippen LogP contribution in [0.5, 0.6) is 0 Å². The molecule has 1 amide bonds. The van der Waals surface area contributed by atoms with Crippen LogP contribution in [-0.4, -0.2) is 17.4 Å². The molecule has 0 fully saturated rings. The molecule has 0 saturated heterocycles. The zero-order chi connectivity index (χ0) is 13.9. The minimum atomic E-state index is -0.0178. The number of para-hydroxylation sites is 1. The van der Waals surface area contributed by atoms with E-state index in [4.69, 9.17) is 11.6 Å². The van der Waals surface area contributed by atoms with E-state index in [0.29, 0.717) is 17.3 Å². The van der Waals surface area contributed by atoms with Crippen LogP contribution in [0.2, 0.25) is 5.15 Å². The van der Waals surface area contributed by atoms with Crippen LogP contribution in [-0.2, 0) is 4.79 Å². The summed E-state index contributed by atoms with van der Waals surface area (Å²) < 4.78 is 0. The summed E-state index contributed by atoms with van der Waals surface area (Å²) in [5, 5.41) is 6.54. The lowest BCUT2D eigenvalue weighted by atomic mass is 9.97. The Morgan fingerprint density at radius 1 is 1.40 bits per heavy atom. The normalized spacial score (nSPS) is 16.4. The van der Waals surface area contributed by atoms with Crippen molar-refractivity contribution in [3.63, 3.8) is 0 Å². The number of aromatic nitrogens is 1. The predicted molar refractivity (Wildman–Crippen MR) is 80.2 cm³/mol. The van der Waals surface area contributed by atoms with Gasteiger partial charge in [0.25, 0.3) is 0 Å². The Balaban J connectivity index is 1.66. The van der Waals surface area contributed by atoms with E-state index < -0.39 is 0 Å². The highest BCUT2D eigenvalue weighted by Crippen LogP contribution is 2.33. The van der Waals surface area contributed by atoms with Gasteiger partial charge in [-0.05, 0) is 23.8 Å². The summed E-state index contributed by atoms with van der Waals surface area (Å²) in [6.45, 7) is 0.796. The van der Waals surface area contributed by atoms with Gasteiger partial charge in [0, 0.05) is 36.5 Å². The maximum Gasteiger partial charge on any atom is 0.225 e. The number of fused-ring (bicyclic) bond motifs is 1. The SMILES string of the molecule is O=C(CC1CNc2ccccc21)Nc1ccnc(Cl)c1. The van der Waals surface area contributed by atoms with E-state index in [9.17, 15) is 4.79 Å². The van der Waals surface area contributed by atoms with Gasteiger partial charge in [-0.15, -0.1) is 0 Å². The van der Waals surface area contributed by atoms with Gasteiger partial charge in [-0.3, -0.25) is 4.79 Å². The lowest BCUT2D eigenvalue weighted by Gasteiger charge is -2.10. The first-order valence-corrected chi connectivity index (χ1v) is 6.84. The first-order chi connectivity index (χ1) is 9.72. The number of anilines is 2. The van der Waals surface area contributed by atoms with Crippen molar-refractivity contribution in [2.45, 2.75) is 12.3 Å². The Labute approximate surface area is 122 Å². The number of hydrogen-bond donors (Lipinski definition) is 2. The number of pyridine rings is 1. The molecule has 1 aliphatic rings. The van der Waals surface area contributed by atoms with Gasteiger partial charge >= 0.3 is 0 Å². The van der Waals surface area contributed by atoms with E-state index in [1.807, 2.05) is 18.2 Å². The summed E-state index contributed by atoms with van der Waals surface area (Å²) in [5.74, 6) is 0.194. The molecule has 3 rings (SSSR count). The monoisotopic (exact) mass is 287 g/mol. The van der Waals surface area contributed by atoms with E-state index in [2.05, 4.69) is 21.7 Å². The number of nitrogens with one attached hydrogen (secondary N) is 2. The zero-order valence-electron chi connectivity index (χ0n) is 10.8. The van der Waals surface area contributed by atoms with Gasteiger partial charge in [0.1, 0.15) is 5.15 Å². The molecule has 1 aromatic carbocycles. The second kappa shape index (κ2) is 5.51. The van der Waals surface area contributed by atoms with Gasteiger partial charge in [0.05, 0.1) is 0 Å². The van der Waals surface area contributed by atoms with Gasteiger partial charge in [-0.1, -0.05) is 29.8 Å². The fourth-order valence-corrected chi connectivity index (χ4v) is 2.63. The molecular formula is C15H14ClN3O. The Bertz CT molecular complexity index is 645. The third kappa shape index (κ3) is 2.75. The number of rotatable bonds is 3. The molecule has 0 saturated carbocycles. The molecule has 0 radical (unpaired) electrons. The molecule has 5 heteroatoms. The minimum Gasteiger partial charge on any atom is -0.384 e. The van der Waals surface area contributed by atoms with Gasteiger partial charge in [0.15, 0.2) is 0 Å². The smallest absolute Gasteiger partial charge is 0.225 e. The van der Waals surface area contributed by atoms with Crippen LogP contribution in [0.25, 0.3) is 0 Å². The van der Waals surface area contributed by atoms with Crippen molar-refractivity contribution in [1.82, 2.24) is 4.98 Å². The van der Waals surface area contributed by atoms with Crippen molar-refractivity contribution in [3.8, 4) is 0 Å². The highest BCUT2D eigenvalue weighted by atomic mass is 35.5. The molecule has 1 aromatic heterocycles. The number of benzene rings is 1. The fraction of sp³-hybridized carbons (Fsp3) is 0.200. The number of halogens is 1. The summed E-state index contributed by atoms with van der Waals surface area (Å²) in [7, 11) is 0. The molecule has 4 nitrogen and oxygen atoms in total. The summed E-state index contributed by atoms with van der Waals surface area (Å²) in [6, 6.07) is 11.5. The minimum absolute atomic E-state index is 0.0178. The second-order valence-electron chi connectivity index (χ2n) is 4.78. The Hall–Kier alpha value is -2.07. The van der Waals surface area contributed by atoms with Crippen molar-refractivity contribution >= 4 is 28.9 Å². The molecule has 0 aliphatic carbocycles. The van der Waals surface area contributed by atoms with Crippen LogP contribution in [0, 0.1) is 0 Å². The van der Waals surface area contributed by atoms with Crippen molar-refractivity contribution in [1.29, 1.82) is 0 Å². The zero-order valence-corrected chi connectivity index (χ0v) is 11.5. The largest absolute Gasteiger partial charge is 0.384 e. The lowest BCUT2D eigenvalue weighted by Crippen LogP contribution is -2.16. The average Bonchev–Trinajstić information content (AvgIpc) is 2.82. The van der Waals surface area contributed by atoms with E-state index in [1.165, 1.54) is 5.56 Å². The summed E-state index contributed by atoms with van der Waals surface area (Å²) >= 11 is 5.79. The summed E-state index contributed by atoms with van der Waals surface area (Å²) in [6.07, 6.45) is 2.02.